The molecule has 0 amide bonds. The molecule has 1 unspecified atom stereocenters. The first-order chi connectivity index (χ1) is 10.8. The second-order valence-electron chi connectivity index (χ2n) is 5.50. The third-order valence-corrected chi connectivity index (χ3v) is 6.41. The Morgan fingerprint density at radius 1 is 1.17 bits per heavy atom. The second kappa shape index (κ2) is 5.98. The Kier molecular flexibility index (Phi) is 4.31. The number of nitrogens with zero attached hydrogens (tertiary/aromatic N) is 1. The van der Waals surface area contributed by atoms with Gasteiger partial charge >= 0.3 is 0 Å². The molecule has 23 heavy (non-hydrogen) atoms. The number of anilines is 1. The van der Waals surface area contributed by atoms with Gasteiger partial charge < -0.3 is 5.11 Å². The van der Waals surface area contributed by atoms with E-state index < -0.39 is 16.1 Å². The van der Waals surface area contributed by atoms with E-state index in [1.807, 2.05) is 6.92 Å². The third-order valence-electron chi connectivity index (χ3n) is 3.95. The largest absolute Gasteiger partial charge is 0.388 e. The third kappa shape index (κ3) is 2.94. The molecule has 0 saturated carbocycles. The molecular weight excluding hydrogens is 357 g/mol. The van der Waals surface area contributed by atoms with Gasteiger partial charge in [0.25, 0.3) is 10.0 Å². The highest BCUT2D eigenvalue weighted by Gasteiger charge is 2.32. The van der Waals surface area contributed by atoms with E-state index >= 15 is 0 Å². The number of hydrogen-bond acceptors (Lipinski definition) is 3. The lowest BCUT2D eigenvalue weighted by atomic mass is 10.0. The fraction of sp³-hybridized carbons (Fsp3) is 0.250. The number of hydrogen-bond donors (Lipinski definition) is 1. The second-order valence-corrected chi connectivity index (χ2v) is 8.20. The van der Waals surface area contributed by atoms with Crippen molar-refractivity contribution >= 4 is 38.9 Å². The molecule has 4 nitrogen and oxygen atoms in total. The highest BCUT2D eigenvalue weighted by atomic mass is 35.5. The lowest BCUT2D eigenvalue weighted by Crippen LogP contribution is -2.36. The van der Waals surface area contributed by atoms with Gasteiger partial charge in [-0.15, -0.1) is 0 Å². The number of sulfonamides is 1. The molecule has 2 aromatic rings. The fourth-order valence-electron chi connectivity index (χ4n) is 2.65. The Morgan fingerprint density at radius 2 is 1.91 bits per heavy atom. The first-order valence-electron chi connectivity index (χ1n) is 7.07. The van der Waals surface area contributed by atoms with E-state index in [2.05, 4.69) is 0 Å². The predicted octanol–water partition coefficient (Wildman–Crippen LogP) is 3.93. The number of aliphatic hydroxyl groups is 1. The van der Waals surface area contributed by atoms with Crippen molar-refractivity contribution < 1.29 is 13.5 Å². The molecule has 0 spiro atoms. The normalized spacial score (nSPS) is 17.9. The van der Waals surface area contributed by atoms with E-state index in [9.17, 15) is 13.5 Å². The molecule has 0 aromatic heterocycles. The zero-order chi connectivity index (χ0) is 16.8. The molecule has 0 aliphatic carbocycles. The van der Waals surface area contributed by atoms with Gasteiger partial charge in [0, 0.05) is 22.2 Å². The maximum atomic E-state index is 13.0. The molecule has 0 radical (unpaired) electrons. The maximum Gasteiger partial charge on any atom is 0.264 e. The molecule has 0 saturated heterocycles. The Hall–Kier alpha value is -1.27. The van der Waals surface area contributed by atoms with Crippen LogP contribution in [0.25, 0.3) is 0 Å². The number of benzene rings is 2. The van der Waals surface area contributed by atoms with Gasteiger partial charge in [-0.05, 0) is 49.2 Å². The monoisotopic (exact) mass is 371 g/mol. The average Bonchev–Trinajstić information content (AvgIpc) is 2.50. The molecule has 3 rings (SSSR count). The van der Waals surface area contributed by atoms with Gasteiger partial charge in [-0.1, -0.05) is 29.3 Å². The van der Waals surface area contributed by atoms with Crippen molar-refractivity contribution in [3.8, 4) is 0 Å². The first-order valence-corrected chi connectivity index (χ1v) is 9.27. The Balaban J connectivity index is 2.11. The van der Waals surface area contributed by atoms with Crippen LogP contribution in [-0.2, 0) is 10.0 Å². The van der Waals surface area contributed by atoms with Crippen molar-refractivity contribution in [3.63, 3.8) is 0 Å². The lowest BCUT2D eigenvalue weighted by Gasteiger charge is -2.33. The molecule has 1 N–H and O–H groups in total. The predicted molar refractivity (Wildman–Crippen MR) is 91.7 cm³/mol. The summed E-state index contributed by atoms with van der Waals surface area (Å²) in [4.78, 5) is 0.130. The van der Waals surface area contributed by atoms with E-state index in [0.29, 0.717) is 27.7 Å². The van der Waals surface area contributed by atoms with Crippen molar-refractivity contribution in [2.45, 2.75) is 24.3 Å². The molecular formula is C16H15Cl2NO3S. The van der Waals surface area contributed by atoms with Crippen molar-refractivity contribution in [1.29, 1.82) is 0 Å². The number of fused-ring (bicyclic) bond motifs is 1. The summed E-state index contributed by atoms with van der Waals surface area (Å²) in [5.74, 6) is 0. The van der Waals surface area contributed by atoms with Gasteiger partial charge in [-0.2, -0.15) is 0 Å². The topological polar surface area (TPSA) is 57.6 Å². The Bertz CT molecular complexity index is 868. The van der Waals surface area contributed by atoms with E-state index in [1.54, 1.807) is 24.3 Å². The van der Waals surface area contributed by atoms with Crippen molar-refractivity contribution in [3.05, 3.63) is 57.6 Å². The minimum atomic E-state index is -3.76. The molecule has 1 aliphatic heterocycles. The van der Waals surface area contributed by atoms with Gasteiger partial charge in [-0.25, -0.2) is 8.42 Å². The van der Waals surface area contributed by atoms with Crippen LogP contribution in [-0.4, -0.2) is 20.1 Å². The van der Waals surface area contributed by atoms with Gasteiger partial charge in [0.15, 0.2) is 0 Å². The van der Waals surface area contributed by atoms with Gasteiger partial charge in [0.05, 0.1) is 16.7 Å². The van der Waals surface area contributed by atoms with Gasteiger partial charge in [0.1, 0.15) is 0 Å². The fourth-order valence-corrected chi connectivity index (χ4v) is 4.60. The van der Waals surface area contributed by atoms with Crippen molar-refractivity contribution in [2.75, 3.05) is 10.8 Å². The maximum absolute atomic E-state index is 13.0. The van der Waals surface area contributed by atoms with E-state index in [0.717, 1.165) is 5.56 Å². The zero-order valence-corrected chi connectivity index (χ0v) is 14.7. The first kappa shape index (κ1) is 16.6. The molecule has 2 aromatic carbocycles. The molecule has 1 aliphatic rings. The molecule has 7 heteroatoms. The number of halogens is 2. The summed E-state index contributed by atoms with van der Waals surface area (Å²) in [5, 5.41) is 11.0. The molecule has 122 valence electrons. The Morgan fingerprint density at radius 3 is 2.61 bits per heavy atom. The van der Waals surface area contributed by atoms with E-state index in [1.165, 1.54) is 16.4 Å². The van der Waals surface area contributed by atoms with E-state index in [4.69, 9.17) is 23.2 Å². The smallest absolute Gasteiger partial charge is 0.264 e. The van der Waals surface area contributed by atoms with Crippen LogP contribution in [0.2, 0.25) is 10.0 Å². The van der Waals surface area contributed by atoms with Crippen LogP contribution in [0.4, 0.5) is 5.69 Å². The summed E-state index contributed by atoms with van der Waals surface area (Å²) in [6.07, 6.45) is -0.414. The number of aryl methyl sites for hydroxylation is 1. The SMILES string of the molecule is Cc1ccc(S(=O)(=O)N2CCC(O)c3cc(Cl)ccc32)cc1Cl. The zero-order valence-electron chi connectivity index (χ0n) is 12.3. The summed E-state index contributed by atoms with van der Waals surface area (Å²) in [5.41, 5.74) is 1.78. The summed E-state index contributed by atoms with van der Waals surface area (Å²) in [7, 11) is -3.76. The van der Waals surface area contributed by atoms with Crippen LogP contribution in [0, 0.1) is 6.92 Å². The lowest BCUT2D eigenvalue weighted by molar-refractivity contribution is 0.166. The highest BCUT2D eigenvalue weighted by Crippen LogP contribution is 2.38. The standard InChI is InChI=1S/C16H15Cl2NO3S/c1-10-2-4-12(9-14(10)18)23(21,22)19-7-6-16(20)13-8-11(17)3-5-15(13)19/h2-5,8-9,16,20H,6-7H2,1H3. The van der Waals surface area contributed by atoms with Gasteiger partial charge in [0.2, 0.25) is 0 Å². The van der Waals surface area contributed by atoms with Crippen LogP contribution in [0.1, 0.15) is 23.7 Å². The quantitative estimate of drug-likeness (QED) is 0.869. The summed E-state index contributed by atoms with van der Waals surface area (Å²) < 4.78 is 27.2. The van der Waals surface area contributed by atoms with Crippen molar-refractivity contribution in [2.24, 2.45) is 0 Å². The number of rotatable bonds is 2. The minimum absolute atomic E-state index is 0.130. The van der Waals surface area contributed by atoms with Gasteiger partial charge in [-0.3, -0.25) is 4.31 Å². The summed E-state index contributed by atoms with van der Waals surface area (Å²) in [6.45, 7) is 2.01. The molecule has 1 atom stereocenters. The minimum Gasteiger partial charge on any atom is -0.388 e. The molecule has 0 fully saturated rings. The van der Waals surface area contributed by atoms with Crippen molar-refractivity contribution in [1.82, 2.24) is 0 Å². The van der Waals surface area contributed by atoms with E-state index in [-0.39, 0.29) is 11.4 Å². The average molecular weight is 372 g/mol. The highest BCUT2D eigenvalue weighted by molar-refractivity contribution is 7.92. The summed E-state index contributed by atoms with van der Waals surface area (Å²) >= 11 is 12.0. The molecule has 0 bridgehead atoms. The van der Waals surface area contributed by atoms with Crippen LogP contribution >= 0.6 is 23.2 Å². The van der Waals surface area contributed by atoms with Crippen LogP contribution in [0.15, 0.2) is 41.3 Å². The van der Waals surface area contributed by atoms with Crippen LogP contribution in [0.3, 0.4) is 0 Å². The van der Waals surface area contributed by atoms with Crippen LogP contribution < -0.4 is 4.31 Å². The Labute approximate surface area is 145 Å². The number of aliphatic hydroxyl groups excluding tert-OH is 1. The summed E-state index contributed by atoms with van der Waals surface area (Å²) in [6, 6.07) is 9.50. The van der Waals surface area contributed by atoms with Crippen LogP contribution in [0.5, 0.6) is 0 Å². The molecule has 1 heterocycles.